The number of ether oxygens (including phenoxy) is 1. The number of methoxy groups -OCH3 is 1. The Morgan fingerprint density at radius 3 is 2.62 bits per heavy atom. The Morgan fingerprint density at radius 2 is 2.00 bits per heavy atom. The number of sulfonamides is 1. The van der Waals surface area contributed by atoms with Gasteiger partial charge in [-0.05, 0) is 24.1 Å². The lowest BCUT2D eigenvalue weighted by Crippen LogP contribution is -2.27. The summed E-state index contributed by atoms with van der Waals surface area (Å²) in [5, 5.41) is 4.75. The van der Waals surface area contributed by atoms with Crippen LogP contribution in [0, 0.1) is 0 Å². The summed E-state index contributed by atoms with van der Waals surface area (Å²) >= 11 is 1.15. The second kappa shape index (κ2) is 8.11. The van der Waals surface area contributed by atoms with Crippen molar-refractivity contribution in [2.24, 2.45) is 0 Å². The third-order valence-corrected chi connectivity index (χ3v) is 4.56. The van der Waals surface area contributed by atoms with Crippen molar-refractivity contribution in [3.05, 3.63) is 40.9 Å². The van der Waals surface area contributed by atoms with Gasteiger partial charge in [0.2, 0.25) is 15.9 Å². The third-order valence-electron chi connectivity index (χ3n) is 3.06. The van der Waals surface area contributed by atoms with Crippen LogP contribution in [0.15, 0.2) is 29.6 Å². The summed E-state index contributed by atoms with van der Waals surface area (Å²) in [5.41, 5.74) is 1.64. The summed E-state index contributed by atoms with van der Waals surface area (Å²) in [4.78, 5) is 16.0. The number of carbonyl (C=O) groups is 1. The number of hydrogen-bond acceptors (Lipinski definition) is 6. The molecule has 7 nitrogen and oxygen atoms in total. The van der Waals surface area contributed by atoms with Crippen LogP contribution < -0.4 is 14.8 Å². The van der Waals surface area contributed by atoms with E-state index in [0.717, 1.165) is 28.9 Å². The average molecular weight is 369 g/mol. The van der Waals surface area contributed by atoms with Crippen LogP contribution in [-0.2, 0) is 27.7 Å². The molecular formula is C15H19N3O4S2. The molecule has 0 radical (unpaired) electrons. The quantitative estimate of drug-likeness (QED) is 0.733. The van der Waals surface area contributed by atoms with Crippen molar-refractivity contribution in [2.45, 2.75) is 12.8 Å². The van der Waals surface area contributed by atoms with Crippen molar-refractivity contribution in [1.82, 2.24) is 10.3 Å². The van der Waals surface area contributed by atoms with Crippen LogP contribution in [0.4, 0.5) is 5.13 Å². The van der Waals surface area contributed by atoms with Crippen LogP contribution in [0.5, 0.6) is 5.75 Å². The largest absolute Gasteiger partial charge is 0.497 e. The first-order valence-electron chi connectivity index (χ1n) is 7.17. The number of thiazole rings is 1. The van der Waals surface area contributed by atoms with Gasteiger partial charge in [0.1, 0.15) is 5.75 Å². The van der Waals surface area contributed by atoms with E-state index < -0.39 is 10.0 Å². The fourth-order valence-electron chi connectivity index (χ4n) is 1.96. The molecule has 0 unspecified atom stereocenters. The Kier molecular flexibility index (Phi) is 6.16. The van der Waals surface area contributed by atoms with E-state index in [4.69, 9.17) is 4.74 Å². The molecule has 0 atom stereocenters. The Bertz CT molecular complexity index is 785. The molecule has 2 rings (SSSR count). The minimum atomic E-state index is -3.35. The predicted octanol–water partition coefficient (Wildman–Crippen LogP) is 1.42. The highest BCUT2D eigenvalue weighted by Gasteiger charge is 2.10. The van der Waals surface area contributed by atoms with E-state index in [-0.39, 0.29) is 17.5 Å². The van der Waals surface area contributed by atoms with Gasteiger partial charge in [0, 0.05) is 11.9 Å². The maximum Gasteiger partial charge on any atom is 0.231 e. The van der Waals surface area contributed by atoms with E-state index in [1.165, 1.54) is 0 Å². The Hall–Kier alpha value is -2.13. The highest BCUT2D eigenvalue weighted by Crippen LogP contribution is 2.16. The molecule has 0 saturated carbocycles. The molecule has 24 heavy (non-hydrogen) atoms. The molecule has 9 heteroatoms. The van der Waals surface area contributed by atoms with E-state index in [1.807, 2.05) is 24.3 Å². The molecule has 1 amide bonds. The zero-order chi connectivity index (χ0) is 17.6. The lowest BCUT2D eigenvalue weighted by Gasteiger charge is -2.05. The van der Waals surface area contributed by atoms with Gasteiger partial charge in [-0.15, -0.1) is 11.3 Å². The summed E-state index contributed by atoms with van der Waals surface area (Å²) in [6.45, 7) is 0.518. The van der Waals surface area contributed by atoms with Gasteiger partial charge in [-0.3, -0.25) is 9.52 Å². The maximum atomic E-state index is 11.9. The number of anilines is 1. The summed E-state index contributed by atoms with van der Waals surface area (Å²) in [5.74, 6) is 0.643. The van der Waals surface area contributed by atoms with Crippen LogP contribution in [-0.4, -0.2) is 39.2 Å². The number of nitrogens with zero attached hydrogens (tertiary/aromatic N) is 1. The first-order valence-corrected chi connectivity index (χ1v) is 9.94. The second-order valence-electron chi connectivity index (χ2n) is 5.14. The monoisotopic (exact) mass is 369 g/mol. The second-order valence-corrected chi connectivity index (χ2v) is 7.75. The molecule has 0 fully saturated rings. The fourth-order valence-corrected chi connectivity index (χ4v) is 3.52. The fraction of sp³-hybridized carbons (Fsp3) is 0.333. The molecular weight excluding hydrogens is 350 g/mol. The molecule has 2 aromatic rings. The van der Waals surface area contributed by atoms with E-state index in [1.54, 1.807) is 12.5 Å². The normalized spacial score (nSPS) is 11.1. The van der Waals surface area contributed by atoms with Gasteiger partial charge in [-0.1, -0.05) is 12.1 Å². The lowest BCUT2D eigenvalue weighted by atomic mass is 10.1. The molecule has 0 spiro atoms. The Labute approximate surface area is 145 Å². The molecule has 0 bridgehead atoms. The first-order chi connectivity index (χ1) is 11.4. The van der Waals surface area contributed by atoms with E-state index >= 15 is 0 Å². The molecule has 2 N–H and O–H groups in total. The molecule has 0 saturated heterocycles. The molecule has 0 aliphatic rings. The van der Waals surface area contributed by atoms with Crippen LogP contribution in [0.25, 0.3) is 0 Å². The minimum Gasteiger partial charge on any atom is -0.497 e. The number of hydrogen-bond donors (Lipinski definition) is 2. The molecule has 1 aromatic carbocycles. The first kappa shape index (κ1) is 18.2. The van der Waals surface area contributed by atoms with Gasteiger partial charge in [0.05, 0.1) is 25.5 Å². The molecule has 1 heterocycles. The Morgan fingerprint density at radius 1 is 1.29 bits per heavy atom. The van der Waals surface area contributed by atoms with Crippen LogP contribution in [0.3, 0.4) is 0 Å². The number of carbonyl (C=O) groups excluding carboxylic acids is 1. The number of aromatic nitrogens is 1. The average Bonchev–Trinajstić information content (AvgIpc) is 2.92. The van der Waals surface area contributed by atoms with Crippen molar-refractivity contribution in [1.29, 1.82) is 0 Å². The standard InChI is InChI=1S/C15H19N3O4S2/c1-22-13-5-3-11(4-6-13)7-8-16-14(19)9-12-10-23-15(17-12)18-24(2,20)21/h3-6,10H,7-9H2,1-2H3,(H,16,19)(H,17,18). The highest BCUT2D eigenvalue weighted by molar-refractivity contribution is 7.92. The number of benzene rings is 1. The maximum absolute atomic E-state index is 11.9. The van der Waals surface area contributed by atoms with Gasteiger partial charge in [-0.25, -0.2) is 13.4 Å². The van der Waals surface area contributed by atoms with Crippen molar-refractivity contribution in [3.8, 4) is 5.75 Å². The van der Waals surface area contributed by atoms with E-state index in [9.17, 15) is 13.2 Å². The summed E-state index contributed by atoms with van der Waals surface area (Å²) in [6, 6.07) is 7.66. The van der Waals surface area contributed by atoms with Gasteiger partial charge in [0.15, 0.2) is 5.13 Å². The zero-order valence-corrected chi connectivity index (χ0v) is 15.0. The van der Waals surface area contributed by atoms with E-state index in [0.29, 0.717) is 18.7 Å². The zero-order valence-electron chi connectivity index (χ0n) is 13.4. The number of nitrogens with one attached hydrogen (secondary N) is 2. The summed E-state index contributed by atoms with van der Waals surface area (Å²) < 4.78 is 29.6. The van der Waals surface area contributed by atoms with Crippen molar-refractivity contribution < 1.29 is 17.9 Å². The molecule has 1 aromatic heterocycles. The van der Waals surface area contributed by atoms with Gasteiger partial charge >= 0.3 is 0 Å². The molecule has 0 aliphatic heterocycles. The smallest absolute Gasteiger partial charge is 0.231 e. The van der Waals surface area contributed by atoms with E-state index in [2.05, 4.69) is 15.0 Å². The number of rotatable bonds is 8. The summed E-state index contributed by atoms with van der Waals surface area (Å²) in [6.07, 6.45) is 1.89. The van der Waals surface area contributed by atoms with Gasteiger partial charge in [-0.2, -0.15) is 0 Å². The topological polar surface area (TPSA) is 97.4 Å². The van der Waals surface area contributed by atoms with Crippen LogP contribution in [0.2, 0.25) is 0 Å². The van der Waals surface area contributed by atoms with Gasteiger partial charge in [0.25, 0.3) is 0 Å². The lowest BCUT2D eigenvalue weighted by molar-refractivity contribution is -0.120. The molecule has 0 aliphatic carbocycles. The molecule has 130 valence electrons. The third kappa shape index (κ3) is 6.17. The van der Waals surface area contributed by atoms with Crippen molar-refractivity contribution in [3.63, 3.8) is 0 Å². The van der Waals surface area contributed by atoms with Crippen molar-refractivity contribution in [2.75, 3.05) is 24.6 Å². The number of amides is 1. The van der Waals surface area contributed by atoms with Gasteiger partial charge < -0.3 is 10.1 Å². The highest BCUT2D eigenvalue weighted by atomic mass is 32.2. The minimum absolute atomic E-state index is 0.116. The predicted molar refractivity (Wildman–Crippen MR) is 94.0 cm³/mol. The summed E-state index contributed by atoms with van der Waals surface area (Å²) in [7, 11) is -1.74. The Balaban J connectivity index is 1.76. The van der Waals surface area contributed by atoms with Crippen LogP contribution >= 0.6 is 11.3 Å². The van der Waals surface area contributed by atoms with Crippen LogP contribution in [0.1, 0.15) is 11.3 Å². The SMILES string of the molecule is COc1ccc(CCNC(=O)Cc2csc(NS(C)(=O)=O)n2)cc1. The van der Waals surface area contributed by atoms with Crippen molar-refractivity contribution >= 4 is 32.4 Å².